The second-order valence-electron chi connectivity index (χ2n) is 2.70. The molecule has 3 N–H and O–H groups in total. The average molecular weight is 182 g/mol. The van der Waals surface area contributed by atoms with Crippen molar-refractivity contribution in [2.45, 2.75) is 18.5 Å². The van der Waals surface area contributed by atoms with E-state index in [1.165, 1.54) is 0 Å². The number of nitrogens with one attached hydrogen (secondary N) is 2. The number of carbonyl (C=O) groups is 3. The molecular formula is C6H7BN2O4. The molecule has 0 aromatic heterocycles. The van der Waals surface area contributed by atoms with Gasteiger partial charge in [-0.3, -0.25) is 9.59 Å². The molecule has 1 saturated heterocycles. The zero-order valence-corrected chi connectivity index (χ0v) is 6.61. The molecule has 2 atom stereocenters. The highest BCUT2D eigenvalue weighted by Crippen LogP contribution is 2.07. The molecule has 6 nitrogen and oxygen atoms in total. The molecule has 0 spiro atoms. The summed E-state index contributed by atoms with van der Waals surface area (Å²) < 4.78 is 0. The van der Waals surface area contributed by atoms with E-state index in [0.29, 0.717) is 0 Å². The van der Waals surface area contributed by atoms with Crippen molar-refractivity contribution < 1.29 is 19.5 Å². The molecule has 2 radical (unpaired) electrons. The zero-order valence-electron chi connectivity index (χ0n) is 6.61. The summed E-state index contributed by atoms with van der Waals surface area (Å²) in [4.78, 5) is 31.8. The van der Waals surface area contributed by atoms with Crippen LogP contribution in [0.5, 0.6) is 0 Å². The van der Waals surface area contributed by atoms with Crippen molar-refractivity contribution in [2.24, 2.45) is 0 Å². The molecule has 0 unspecified atom stereocenters. The summed E-state index contributed by atoms with van der Waals surface area (Å²) in [7, 11) is 4.78. The maximum atomic E-state index is 11.0. The molecule has 1 aliphatic rings. The average Bonchev–Trinajstić information content (AvgIpc) is 2.31. The van der Waals surface area contributed by atoms with Gasteiger partial charge >= 0.3 is 5.97 Å². The summed E-state index contributed by atoms with van der Waals surface area (Å²) in [6.45, 7) is 0. The number of rotatable bonds is 2. The predicted molar refractivity (Wildman–Crippen MR) is 42.3 cm³/mol. The van der Waals surface area contributed by atoms with Crippen molar-refractivity contribution >= 4 is 25.5 Å². The van der Waals surface area contributed by atoms with Crippen LogP contribution in [0.2, 0.25) is 0 Å². The molecule has 0 aliphatic carbocycles. The highest BCUT2D eigenvalue weighted by atomic mass is 16.4. The lowest BCUT2D eigenvalue weighted by atomic mass is 10.1. The van der Waals surface area contributed by atoms with Crippen LogP contribution in [0, 0.1) is 0 Å². The summed E-state index contributed by atoms with van der Waals surface area (Å²) in [5.74, 6) is -2.49. The van der Waals surface area contributed by atoms with Crippen molar-refractivity contribution in [1.29, 1.82) is 0 Å². The van der Waals surface area contributed by atoms with E-state index in [2.05, 4.69) is 10.6 Å². The molecule has 7 heteroatoms. The Morgan fingerprint density at radius 3 is 2.62 bits per heavy atom. The second-order valence-corrected chi connectivity index (χ2v) is 2.70. The van der Waals surface area contributed by atoms with Crippen LogP contribution in [0.1, 0.15) is 6.42 Å². The molecule has 1 rings (SSSR count). The third kappa shape index (κ3) is 2.20. The van der Waals surface area contributed by atoms with Gasteiger partial charge < -0.3 is 15.7 Å². The van der Waals surface area contributed by atoms with Crippen molar-refractivity contribution in [2.75, 3.05) is 0 Å². The van der Waals surface area contributed by atoms with Gasteiger partial charge in [-0.1, -0.05) is 0 Å². The molecule has 0 saturated carbocycles. The highest BCUT2D eigenvalue weighted by molar-refractivity contribution is 6.57. The SMILES string of the molecule is [B]C(=O)N[C@H]1C[C@@H](C(=O)O)NC1=O. The van der Waals surface area contributed by atoms with Crippen LogP contribution < -0.4 is 10.6 Å². The number of hydrogen-bond acceptors (Lipinski definition) is 3. The van der Waals surface area contributed by atoms with Gasteiger partial charge in [-0.15, -0.1) is 0 Å². The van der Waals surface area contributed by atoms with E-state index in [9.17, 15) is 14.4 Å². The Balaban J connectivity index is 2.56. The van der Waals surface area contributed by atoms with E-state index < -0.39 is 29.8 Å². The smallest absolute Gasteiger partial charge is 0.326 e. The Morgan fingerprint density at radius 1 is 1.62 bits per heavy atom. The van der Waals surface area contributed by atoms with Crippen molar-refractivity contribution in [1.82, 2.24) is 10.6 Å². The molecular weight excluding hydrogens is 175 g/mol. The van der Waals surface area contributed by atoms with Gasteiger partial charge in [0.05, 0.1) is 0 Å². The van der Waals surface area contributed by atoms with Gasteiger partial charge in [0.25, 0.3) is 0 Å². The first-order chi connectivity index (χ1) is 6.00. The van der Waals surface area contributed by atoms with E-state index in [1.807, 2.05) is 0 Å². The highest BCUT2D eigenvalue weighted by Gasteiger charge is 2.36. The first-order valence-electron chi connectivity index (χ1n) is 3.60. The number of amides is 2. The molecule has 1 fully saturated rings. The van der Waals surface area contributed by atoms with E-state index in [1.54, 1.807) is 0 Å². The first-order valence-corrected chi connectivity index (χ1v) is 3.60. The van der Waals surface area contributed by atoms with Gasteiger partial charge in [-0.2, -0.15) is 0 Å². The predicted octanol–water partition coefficient (Wildman–Crippen LogP) is -1.79. The van der Waals surface area contributed by atoms with E-state index in [0.717, 1.165) is 0 Å². The summed E-state index contributed by atoms with van der Waals surface area (Å²) in [6, 6.07) is -1.78. The molecule has 0 bridgehead atoms. The normalized spacial score (nSPS) is 26.6. The van der Waals surface area contributed by atoms with E-state index in [4.69, 9.17) is 13.0 Å². The Bertz CT molecular complexity index is 267. The number of aliphatic carboxylic acids is 1. The molecule has 13 heavy (non-hydrogen) atoms. The molecule has 1 aliphatic heterocycles. The van der Waals surface area contributed by atoms with Crippen molar-refractivity contribution in [3.8, 4) is 0 Å². The largest absolute Gasteiger partial charge is 0.480 e. The van der Waals surface area contributed by atoms with Crippen LogP contribution in [0.4, 0.5) is 4.79 Å². The van der Waals surface area contributed by atoms with Gasteiger partial charge in [0.2, 0.25) is 13.8 Å². The lowest BCUT2D eigenvalue weighted by Crippen LogP contribution is -2.39. The summed E-state index contributed by atoms with van der Waals surface area (Å²) in [5, 5.41) is 12.9. The fourth-order valence-electron chi connectivity index (χ4n) is 1.13. The quantitative estimate of drug-likeness (QED) is 0.439. The van der Waals surface area contributed by atoms with E-state index >= 15 is 0 Å². The van der Waals surface area contributed by atoms with Crippen LogP contribution in [0.25, 0.3) is 0 Å². The third-order valence-electron chi connectivity index (χ3n) is 1.72. The minimum atomic E-state index is -1.12. The topological polar surface area (TPSA) is 95.5 Å². The van der Waals surface area contributed by atoms with Crippen molar-refractivity contribution in [3.05, 3.63) is 0 Å². The maximum Gasteiger partial charge on any atom is 0.326 e. The first kappa shape index (κ1) is 9.56. The summed E-state index contributed by atoms with van der Waals surface area (Å²) in [5.41, 5.74) is 0. The Kier molecular flexibility index (Phi) is 2.55. The molecule has 2 amide bonds. The molecule has 0 aromatic carbocycles. The minimum Gasteiger partial charge on any atom is -0.480 e. The maximum absolute atomic E-state index is 11.0. The van der Waals surface area contributed by atoms with E-state index in [-0.39, 0.29) is 6.42 Å². The molecule has 68 valence electrons. The number of carbonyl (C=O) groups excluding carboxylic acids is 2. The Labute approximate surface area is 75.1 Å². The van der Waals surface area contributed by atoms with Crippen LogP contribution in [-0.2, 0) is 9.59 Å². The number of carboxylic acids is 1. The summed E-state index contributed by atoms with van der Waals surface area (Å²) >= 11 is 0. The van der Waals surface area contributed by atoms with Crippen LogP contribution in [-0.4, -0.2) is 42.7 Å². The van der Waals surface area contributed by atoms with Crippen LogP contribution in [0.15, 0.2) is 0 Å². The van der Waals surface area contributed by atoms with Gasteiger partial charge in [0.1, 0.15) is 12.1 Å². The summed E-state index contributed by atoms with van der Waals surface area (Å²) in [6.07, 6.45) is 0.0249. The lowest BCUT2D eigenvalue weighted by Gasteiger charge is -2.06. The van der Waals surface area contributed by atoms with Gasteiger partial charge in [-0.05, 0) is 0 Å². The van der Waals surface area contributed by atoms with Gasteiger partial charge in [0, 0.05) is 6.42 Å². The molecule has 0 aromatic rings. The monoisotopic (exact) mass is 182 g/mol. The molecule has 1 heterocycles. The fourth-order valence-corrected chi connectivity index (χ4v) is 1.13. The third-order valence-corrected chi connectivity index (χ3v) is 1.72. The van der Waals surface area contributed by atoms with Crippen LogP contribution in [0.3, 0.4) is 0 Å². The number of carboxylic acid groups (broad SMARTS) is 1. The van der Waals surface area contributed by atoms with Gasteiger partial charge in [0.15, 0.2) is 5.81 Å². The fraction of sp³-hybridized carbons (Fsp3) is 0.500. The van der Waals surface area contributed by atoms with Gasteiger partial charge in [-0.25, -0.2) is 4.79 Å². The Morgan fingerprint density at radius 2 is 2.23 bits per heavy atom. The van der Waals surface area contributed by atoms with Crippen molar-refractivity contribution in [3.63, 3.8) is 0 Å². The minimum absolute atomic E-state index is 0.0249. The Hall–Kier alpha value is -1.53. The van der Waals surface area contributed by atoms with Crippen LogP contribution >= 0.6 is 0 Å². The standard InChI is InChI=1S/C6H7BN2O4/c7-6(13)9-2-1-3(5(11)12)8-4(2)10/h2-3H,1H2,(H,8,10)(H,9,13)(H,11,12)/t2-,3-/m0/s1. The lowest BCUT2D eigenvalue weighted by molar-refractivity contribution is -0.140. The zero-order chi connectivity index (χ0) is 10.0. The number of hydrogen-bond donors (Lipinski definition) is 3. The second kappa shape index (κ2) is 3.46.